The number of hydrogen-bond donors (Lipinski definition) is 0. The second-order valence-electron chi connectivity index (χ2n) is 6.06. The van der Waals surface area contributed by atoms with Crippen LogP contribution in [0, 0.1) is 0 Å². The van der Waals surface area contributed by atoms with Crippen molar-refractivity contribution in [2.45, 2.75) is 0 Å². The number of nitrogens with zero attached hydrogens (tertiary/aromatic N) is 3. The summed E-state index contributed by atoms with van der Waals surface area (Å²) in [5.74, 6) is 1.24. The van der Waals surface area contributed by atoms with Crippen molar-refractivity contribution in [1.29, 1.82) is 0 Å². The van der Waals surface area contributed by atoms with Gasteiger partial charge in [0.15, 0.2) is 0 Å². The van der Waals surface area contributed by atoms with Crippen LogP contribution >= 0.6 is 11.6 Å². The van der Waals surface area contributed by atoms with Gasteiger partial charge >= 0.3 is 0 Å². The highest BCUT2D eigenvalue weighted by molar-refractivity contribution is 6.32. The molecule has 1 aliphatic heterocycles. The largest absolute Gasteiger partial charge is 0.496 e. The van der Waals surface area contributed by atoms with Crippen LogP contribution in [0.5, 0.6) is 11.5 Å². The number of imidazole rings is 1. The molecule has 4 rings (SSSR count). The molecule has 1 fully saturated rings. The molecule has 26 heavy (non-hydrogen) atoms. The highest BCUT2D eigenvalue weighted by atomic mass is 35.5. The molecular formula is C19H20ClN3O3. The zero-order valence-corrected chi connectivity index (χ0v) is 15.5. The fraction of sp³-hybridized carbons (Fsp3) is 0.316. The van der Waals surface area contributed by atoms with Crippen molar-refractivity contribution < 1.29 is 14.2 Å². The number of halogens is 1. The number of hydrogen-bond acceptors (Lipinski definition) is 5. The topological polar surface area (TPSA) is 48.2 Å². The third-order valence-electron chi connectivity index (χ3n) is 4.57. The fourth-order valence-corrected chi connectivity index (χ4v) is 3.42. The summed E-state index contributed by atoms with van der Waals surface area (Å²) >= 11 is 6.30. The van der Waals surface area contributed by atoms with Crippen LogP contribution in [0.4, 0.5) is 5.69 Å². The highest BCUT2D eigenvalue weighted by Crippen LogP contribution is 2.38. The van der Waals surface area contributed by atoms with Crippen molar-refractivity contribution in [3.8, 4) is 22.8 Å². The number of fused-ring (bicyclic) bond motifs is 1. The molecule has 136 valence electrons. The smallest absolute Gasteiger partial charge is 0.141 e. The van der Waals surface area contributed by atoms with Gasteiger partial charge in [-0.1, -0.05) is 11.6 Å². The first-order valence-electron chi connectivity index (χ1n) is 8.43. The maximum atomic E-state index is 6.30. The Balaban J connectivity index is 1.74. The molecule has 0 N–H and O–H groups in total. The zero-order chi connectivity index (χ0) is 18.1. The van der Waals surface area contributed by atoms with Gasteiger partial charge in [0.2, 0.25) is 0 Å². The van der Waals surface area contributed by atoms with Crippen molar-refractivity contribution in [3.63, 3.8) is 0 Å². The molecule has 0 spiro atoms. The van der Waals surface area contributed by atoms with Gasteiger partial charge in [-0.05, 0) is 12.1 Å². The van der Waals surface area contributed by atoms with Gasteiger partial charge in [0.05, 0.1) is 38.1 Å². The number of morpholine rings is 1. The normalized spacial score (nSPS) is 14.7. The van der Waals surface area contributed by atoms with Crippen LogP contribution in [0.15, 0.2) is 36.7 Å². The van der Waals surface area contributed by atoms with Crippen molar-refractivity contribution in [2.75, 3.05) is 45.4 Å². The van der Waals surface area contributed by atoms with E-state index in [9.17, 15) is 0 Å². The second-order valence-corrected chi connectivity index (χ2v) is 6.47. The number of aromatic nitrogens is 2. The van der Waals surface area contributed by atoms with Crippen molar-refractivity contribution in [3.05, 3.63) is 41.7 Å². The minimum Gasteiger partial charge on any atom is -0.496 e. The highest BCUT2D eigenvalue weighted by Gasteiger charge is 2.16. The van der Waals surface area contributed by atoms with Gasteiger partial charge in [0.1, 0.15) is 17.1 Å². The molecule has 1 aliphatic rings. The summed E-state index contributed by atoms with van der Waals surface area (Å²) in [5, 5.41) is 0.523. The number of anilines is 1. The number of rotatable bonds is 4. The lowest BCUT2D eigenvalue weighted by atomic mass is 10.1. The summed E-state index contributed by atoms with van der Waals surface area (Å²) < 4.78 is 18.2. The molecule has 7 heteroatoms. The fourth-order valence-electron chi connectivity index (χ4n) is 3.18. The van der Waals surface area contributed by atoms with Crippen LogP contribution in [-0.2, 0) is 4.74 Å². The maximum Gasteiger partial charge on any atom is 0.141 e. The number of pyridine rings is 1. The van der Waals surface area contributed by atoms with E-state index in [4.69, 9.17) is 30.8 Å². The lowest BCUT2D eigenvalue weighted by Gasteiger charge is -2.28. The van der Waals surface area contributed by atoms with E-state index in [-0.39, 0.29) is 0 Å². The summed E-state index contributed by atoms with van der Waals surface area (Å²) in [4.78, 5) is 7.08. The van der Waals surface area contributed by atoms with E-state index in [2.05, 4.69) is 17.0 Å². The van der Waals surface area contributed by atoms with Crippen LogP contribution in [0.1, 0.15) is 0 Å². The molecule has 0 atom stereocenters. The Morgan fingerprint density at radius 2 is 1.85 bits per heavy atom. The third kappa shape index (κ3) is 3.06. The molecule has 1 aromatic carbocycles. The molecule has 3 heterocycles. The summed E-state index contributed by atoms with van der Waals surface area (Å²) in [5.41, 5.74) is 3.65. The molecule has 0 unspecified atom stereocenters. The van der Waals surface area contributed by atoms with E-state index in [0.29, 0.717) is 16.5 Å². The average Bonchev–Trinajstić information content (AvgIpc) is 3.11. The second kappa shape index (κ2) is 7.05. The monoisotopic (exact) mass is 373 g/mol. The Hall–Kier alpha value is -2.44. The Morgan fingerprint density at radius 3 is 2.58 bits per heavy atom. The van der Waals surface area contributed by atoms with Crippen LogP contribution < -0.4 is 14.4 Å². The predicted molar refractivity (Wildman–Crippen MR) is 102 cm³/mol. The summed E-state index contributed by atoms with van der Waals surface area (Å²) in [7, 11) is 3.21. The number of ether oxygens (including phenoxy) is 3. The first kappa shape index (κ1) is 17.0. The van der Waals surface area contributed by atoms with Crippen LogP contribution in [0.2, 0.25) is 5.02 Å². The third-order valence-corrected chi connectivity index (χ3v) is 4.87. The van der Waals surface area contributed by atoms with Gasteiger partial charge in [0.25, 0.3) is 0 Å². The van der Waals surface area contributed by atoms with Crippen molar-refractivity contribution >= 4 is 22.9 Å². The summed E-state index contributed by atoms with van der Waals surface area (Å²) in [6.45, 7) is 3.30. The minimum atomic E-state index is 0.523. The van der Waals surface area contributed by atoms with Gasteiger partial charge in [-0.15, -0.1) is 0 Å². The molecule has 0 saturated carbocycles. The quantitative estimate of drug-likeness (QED) is 0.700. The lowest BCUT2D eigenvalue weighted by Crippen LogP contribution is -2.36. The average molecular weight is 374 g/mol. The zero-order valence-electron chi connectivity index (χ0n) is 14.7. The molecule has 0 radical (unpaired) electrons. The van der Waals surface area contributed by atoms with E-state index in [0.717, 1.165) is 48.9 Å². The lowest BCUT2D eigenvalue weighted by molar-refractivity contribution is 0.122. The Kier molecular flexibility index (Phi) is 4.61. The molecule has 6 nitrogen and oxygen atoms in total. The maximum absolute atomic E-state index is 6.30. The Morgan fingerprint density at radius 1 is 1.08 bits per heavy atom. The van der Waals surface area contributed by atoms with Crippen LogP contribution in [0.25, 0.3) is 16.9 Å². The number of benzene rings is 1. The van der Waals surface area contributed by atoms with Crippen LogP contribution in [0.3, 0.4) is 0 Å². The van der Waals surface area contributed by atoms with Gasteiger partial charge < -0.3 is 23.5 Å². The van der Waals surface area contributed by atoms with E-state index in [1.807, 2.05) is 22.9 Å². The van der Waals surface area contributed by atoms with Gasteiger partial charge in [-0.2, -0.15) is 0 Å². The Labute approximate surface area is 156 Å². The van der Waals surface area contributed by atoms with Gasteiger partial charge in [0, 0.05) is 48.9 Å². The minimum absolute atomic E-state index is 0.523. The summed E-state index contributed by atoms with van der Waals surface area (Å²) in [6, 6.07) is 7.79. The Bertz CT molecular complexity index is 935. The molecular weight excluding hydrogens is 354 g/mol. The standard InChI is InChI=1S/C19H20ClN3O3/c1-24-17-11-18(25-2)15(20)10-14(17)16-12-23-4-3-13(9-19(23)21-16)22-5-7-26-8-6-22/h3-4,9-12H,5-8H2,1-2H3. The molecule has 1 saturated heterocycles. The molecule has 0 amide bonds. The van der Waals surface area contributed by atoms with E-state index < -0.39 is 0 Å². The molecule has 0 bridgehead atoms. The van der Waals surface area contributed by atoms with Gasteiger partial charge in [-0.3, -0.25) is 0 Å². The molecule has 0 aliphatic carbocycles. The van der Waals surface area contributed by atoms with E-state index in [1.54, 1.807) is 20.3 Å². The first-order chi connectivity index (χ1) is 12.7. The van der Waals surface area contributed by atoms with Crippen molar-refractivity contribution in [1.82, 2.24) is 9.38 Å². The first-order valence-corrected chi connectivity index (χ1v) is 8.81. The van der Waals surface area contributed by atoms with Crippen LogP contribution in [-0.4, -0.2) is 49.9 Å². The van der Waals surface area contributed by atoms with Gasteiger partial charge in [-0.25, -0.2) is 4.98 Å². The predicted octanol–water partition coefficient (Wildman–Crippen LogP) is 3.51. The van der Waals surface area contributed by atoms with E-state index >= 15 is 0 Å². The van der Waals surface area contributed by atoms with Crippen molar-refractivity contribution in [2.24, 2.45) is 0 Å². The van der Waals surface area contributed by atoms with E-state index in [1.165, 1.54) is 0 Å². The molecule has 3 aromatic rings. The molecule has 2 aromatic heterocycles. The number of methoxy groups -OCH3 is 2. The summed E-state index contributed by atoms with van der Waals surface area (Å²) in [6.07, 6.45) is 3.99. The SMILES string of the molecule is COc1cc(OC)c(-c2cn3ccc(N4CCOCC4)cc3n2)cc1Cl.